The van der Waals surface area contributed by atoms with E-state index in [1.165, 1.54) is 0 Å². The molecule has 2 rings (SSSR count). The Morgan fingerprint density at radius 1 is 1.35 bits per heavy atom. The molecule has 0 spiro atoms. The monoisotopic (exact) mass is 239 g/mol. The molecule has 1 saturated carbocycles. The molecule has 0 aromatic carbocycles. The maximum absolute atomic E-state index is 12.5. The van der Waals surface area contributed by atoms with Crippen LogP contribution in [0.15, 0.2) is 0 Å². The first-order chi connectivity index (χ1) is 8.22. The second-order valence-corrected chi connectivity index (χ2v) is 5.51. The van der Waals surface area contributed by atoms with E-state index in [1.807, 2.05) is 7.05 Å². The van der Waals surface area contributed by atoms with Crippen molar-refractivity contribution in [3.8, 4) is 0 Å². The van der Waals surface area contributed by atoms with E-state index in [1.54, 1.807) is 0 Å². The fourth-order valence-corrected chi connectivity index (χ4v) is 3.26. The molecule has 2 fully saturated rings. The molecule has 0 radical (unpaired) electrons. The van der Waals surface area contributed by atoms with E-state index in [4.69, 9.17) is 5.73 Å². The first kappa shape index (κ1) is 12.8. The highest BCUT2D eigenvalue weighted by Crippen LogP contribution is 2.28. The number of hydrogen-bond acceptors (Lipinski definition) is 3. The number of likely N-dealkylation sites (tertiary alicyclic amines) is 1. The lowest BCUT2D eigenvalue weighted by Crippen LogP contribution is -2.45. The molecule has 17 heavy (non-hydrogen) atoms. The molecule has 0 aromatic heterocycles. The van der Waals surface area contributed by atoms with E-state index in [9.17, 15) is 4.79 Å². The predicted octanol–water partition coefficient (Wildman–Crippen LogP) is 0.714. The fraction of sp³-hybridized carbons (Fsp3) is 0.923. The topological polar surface area (TPSA) is 58.4 Å². The predicted molar refractivity (Wildman–Crippen MR) is 68.6 cm³/mol. The van der Waals surface area contributed by atoms with Gasteiger partial charge in [-0.3, -0.25) is 4.79 Å². The van der Waals surface area contributed by atoms with Crippen LogP contribution in [-0.4, -0.2) is 43.0 Å². The van der Waals surface area contributed by atoms with Gasteiger partial charge in [0.15, 0.2) is 0 Å². The Bertz CT molecular complexity index is 269. The van der Waals surface area contributed by atoms with Gasteiger partial charge in [-0.05, 0) is 39.2 Å². The quantitative estimate of drug-likeness (QED) is 0.763. The summed E-state index contributed by atoms with van der Waals surface area (Å²) in [4.78, 5) is 14.6. The minimum Gasteiger partial charge on any atom is -0.338 e. The molecule has 1 aliphatic heterocycles. The summed E-state index contributed by atoms with van der Waals surface area (Å²) >= 11 is 0. The van der Waals surface area contributed by atoms with Crippen LogP contribution in [0.2, 0.25) is 0 Å². The molecule has 3 N–H and O–H groups in total. The zero-order valence-corrected chi connectivity index (χ0v) is 10.8. The van der Waals surface area contributed by atoms with E-state index in [0.717, 1.165) is 51.6 Å². The van der Waals surface area contributed by atoms with Crippen molar-refractivity contribution < 1.29 is 4.79 Å². The smallest absolute Gasteiger partial charge is 0.226 e. The van der Waals surface area contributed by atoms with Crippen LogP contribution < -0.4 is 11.1 Å². The van der Waals surface area contributed by atoms with E-state index < -0.39 is 0 Å². The molecule has 4 heteroatoms. The lowest BCUT2D eigenvalue weighted by molar-refractivity contribution is -0.137. The maximum atomic E-state index is 12.5. The molecule has 3 atom stereocenters. The first-order valence-electron chi connectivity index (χ1n) is 6.93. The Morgan fingerprint density at radius 3 is 2.88 bits per heavy atom. The average molecular weight is 239 g/mol. The van der Waals surface area contributed by atoms with Gasteiger partial charge >= 0.3 is 0 Å². The highest BCUT2D eigenvalue weighted by molar-refractivity contribution is 5.79. The van der Waals surface area contributed by atoms with E-state index >= 15 is 0 Å². The standard InChI is InChI=1S/C13H25N3O/c1-15-9-12-6-3-7-16(12)13(17)10-4-2-5-11(14)8-10/h10-12,15H,2-9,14H2,1H3/t10-,11-,12+/m1/s1. The van der Waals surface area contributed by atoms with Crippen LogP contribution in [0, 0.1) is 5.92 Å². The van der Waals surface area contributed by atoms with Crippen molar-refractivity contribution >= 4 is 5.91 Å². The van der Waals surface area contributed by atoms with Crippen molar-refractivity contribution in [2.75, 3.05) is 20.1 Å². The Kier molecular flexibility index (Phi) is 4.40. The highest BCUT2D eigenvalue weighted by Gasteiger charge is 2.34. The van der Waals surface area contributed by atoms with Crippen molar-refractivity contribution in [3.05, 3.63) is 0 Å². The number of nitrogens with one attached hydrogen (secondary N) is 1. The minimum atomic E-state index is 0.191. The summed E-state index contributed by atoms with van der Waals surface area (Å²) in [7, 11) is 1.96. The molecule has 1 aliphatic carbocycles. The maximum Gasteiger partial charge on any atom is 0.226 e. The number of hydrogen-bond donors (Lipinski definition) is 2. The summed E-state index contributed by atoms with van der Waals surface area (Å²) in [6, 6.07) is 0.647. The van der Waals surface area contributed by atoms with Crippen molar-refractivity contribution in [3.63, 3.8) is 0 Å². The molecule has 2 aliphatic rings. The van der Waals surface area contributed by atoms with Crippen LogP contribution in [0.5, 0.6) is 0 Å². The number of nitrogens with zero attached hydrogens (tertiary/aromatic N) is 1. The van der Waals surface area contributed by atoms with Crippen molar-refractivity contribution in [2.45, 2.75) is 50.6 Å². The number of carbonyl (C=O) groups excluding carboxylic acids is 1. The molecule has 0 aromatic rings. The lowest BCUT2D eigenvalue weighted by atomic mass is 9.85. The third-order valence-electron chi connectivity index (χ3n) is 4.16. The van der Waals surface area contributed by atoms with Crippen LogP contribution in [-0.2, 0) is 4.79 Å². The van der Waals surface area contributed by atoms with Gasteiger partial charge in [0, 0.05) is 31.1 Å². The molecule has 1 amide bonds. The van der Waals surface area contributed by atoms with Crippen LogP contribution in [0.4, 0.5) is 0 Å². The number of carbonyl (C=O) groups is 1. The minimum absolute atomic E-state index is 0.191. The Morgan fingerprint density at radius 2 is 2.18 bits per heavy atom. The van der Waals surface area contributed by atoms with Gasteiger partial charge < -0.3 is 16.0 Å². The molecule has 1 saturated heterocycles. The Hall–Kier alpha value is -0.610. The second kappa shape index (κ2) is 5.83. The number of nitrogens with two attached hydrogens (primary N) is 1. The Balaban J connectivity index is 1.93. The van der Waals surface area contributed by atoms with Crippen molar-refractivity contribution in [1.82, 2.24) is 10.2 Å². The number of rotatable bonds is 3. The van der Waals surface area contributed by atoms with Gasteiger partial charge in [0.2, 0.25) is 5.91 Å². The van der Waals surface area contributed by atoms with Crippen molar-refractivity contribution in [1.29, 1.82) is 0 Å². The Labute approximate surface area is 104 Å². The summed E-state index contributed by atoms with van der Waals surface area (Å²) in [5, 5.41) is 3.19. The summed E-state index contributed by atoms with van der Waals surface area (Å²) in [6.07, 6.45) is 6.42. The van der Waals surface area contributed by atoms with Crippen LogP contribution in [0.1, 0.15) is 38.5 Å². The number of likely N-dealkylation sites (N-methyl/N-ethyl adjacent to an activating group) is 1. The van der Waals surface area contributed by atoms with Crippen LogP contribution >= 0.6 is 0 Å². The van der Waals surface area contributed by atoms with E-state index in [-0.39, 0.29) is 12.0 Å². The van der Waals surface area contributed by atoms with Gasteiger partial charge in [-0.15, -0.1) is 0 Å². The molecule has 1 heterocycles. The summed E-state index contributed by atoms with van der Waals surface area (Å²) < 4.78 is 0. The summed E-state index contributed by atoms with van der Waals surface area (Å²) in [5.41, 5.74) is 5.97. The SMILES string of the molecule is CNC[C@@H]1CCCN1C(=O)[C@@H]1CCC[C@@H](N)C1. The van der Waals surface area contributed by atoms with Gasteiger partial charge in [-0.1, -0.05) is 6.42 Å². The highest BCUT2D eigenvalue weighted by atomic mass is 16.2. The largest absolute Gasteiger partial charge is 0.338 e. The number of amides is 1. The van der Waals surface area contributed by atoms with E-state index in [0.29, 0.717) is 11.9 Å². The van der Waals surface area contributed by atoms with E-state index in [2.05, 4.69) is 10.2 Å². The van der Waals surface area contributed by atoms with Crippen LogP contribution in [0.25, 0.3) is 0 Å². The third-order valence-corrected chi connectivity index (χ3v) is 4.16. The fourth-order valence-electron chi connectivity index (χ4n) is 3.26. The van der Waals surface area contributed by atoms with Gasteiger partial charge in [-0.2, -0.15) is 0 Å². The molecule has 98 valence electrons. The molecular formula is C13H25N3O. The van der Waals surface area contributed by atoms with Gasteiger partial charge in [0.05, 0.1) is 0 Å². The second-order valence-electron chi connectivity index (χ2n) is 5.51. The van der Waals surface area contributed by atoms with Crippen molar-refractivity contribution in [2.24, 2.45) is 11.7 Å². The average Bonchev–Trinajstić information content (AvgIpc) is 2.77. The van der Waals surface area contributed by atoms with Gasteiger partial charge in [0.25, 0.3) is 0 Å². The molecule has 0 unspecified atom stereocenters. The third kappa shape index (κ3) is 2.99. The normalized spacial score (nSPS) is 34.0. The van der Waals surface area contributed by atoms with Gasteiger partial charge in [-0.25, -0.2) is 0 Å². The summed E-state index contributed by atoms with van der Waals surface area (Å²) in [5.74, 6) is 0.550. The van der Waals surface area contributed by atoms with Crippen LogP contribution in [0.3, 0.4) is 0 Å². The molecule has 0 bridgehead atoms. The lowest BCUT2D eigenvalue weighted by Gasteiger charge is -2.32. The van der Waals surface area contributed by atoms with Gasteiger partial charge in [0.1, 0.15) is 0 Å². The molecule has 4 nitrogen and oxygen atoms in total. The summed E-state index contributed by atoms with van der Waals surface area (Å²) in [6.45, 7) is 1.86. The zero-order valence-electron chi connectivity index (χ0n) is 10.8. The zero-order chi connectivity index (χ0) is 12.3. The first-order valence-corrected chi connectivity index (χ1v) is 6.93. The molecular weight excluding hydrogens is 214 g/mol.